The van der Waals surface area contributed by atoms with Crippen molar-refractivity contribution < 1.29 is 14.3 Å². The number of fused-ring (bicyclic) bond motifs is 2. The predicted molar refractivity (Wildman–Crippen MR) is 80.5 cm³/mol. The lowest BCUT2D eigenvalue weighted by molar-refractivity contribution is -0.112. The van der Waals surface area contributed by atoms with Gasteiger partial charge in [0.25, 0.3) is 0 Å². The zero-order valence-corrected chi connectivity index (χ0v) is 12.8. The van der Waals surface area contributed by atoms with Gasteiger partial charge in [0, 0.05) is 22.4 Å². The van der Waals surface area contributed by atoms with Gasteiger partial charge in [0.2, 0.25) is 11.6 Å². The van der Waals surface area contributed by atoms with Gasteiger partial charge >= 0.3 is 0 Å². The van der Waals surface area contributed by atoms with Crippen LogP contribution in [0.5, 0.6) is 0 Å². The second-order valence-electron chi connectivity index (χ2n) is 5.76. The summed E-state index contributed by atoms with van der Waals surface area (Å²) in [6.07, 6.45) is 0.635. The minimum atomic E-state index is -0.402. The monoisotopic (exact) mass is 288 g/mol. The molecule has 1 aliphatic heterocycles. The van der Waals surface area contributed by atoms with Gasteiger partial charge in [-0.05, 0) is 26.9 Å². The number of ether oxygens (including phenoxy) is 1. The molecule has 20 heavy (non-hydrogen) atoms. The van der Waals surface area contributed by atoms with Crippen molar-refractivity contribution >= 4 is 25.9 Å². The van der Waals surface area contributed by atoms with E-state index in [1.54, 1.807) is 12.1 Å². The zero-order valence-electron chi connectivity index (χ0n) is 11.8. The molecule has 3 rings (SSSR count). The molecule has 1 aliphatic carbocycles. The van der Waals surface area contributed by atoms with E-state index in [0.29, 0.717) is 31.9 Å². The molecule has 2 aliphatic rings. The fraction of sp³-hybridized carbons (Fsp3) is 0.375. The summed E-state index contributed by atoms with van der Waals surface area (Å²) >= 11 is 0. The van der Waals surface area contributed by atoms with Gasteiger partial charge in [-0.3, -0.25) is 9.59 Å². The number of carbonyl (C=O) groups excluding carboxylic acids is 2. The summed E-state index contributed by atoms with van der Waals surface area (Å²) in [5.74, 6) is -0.178. The lowest BCUT2D eigenvalue weighted by Gasteiger charge is -2.41. The SMILES string of the molecule is CPC1CC2=C(OC1(C)C)c1ccccc1C(=O)C2=O. The minimum absolute atomic E-state index is 0.281. The fourth-order valence-corrected chi connectivity index (χ4v) is 4.10. The van der Waals surface area contributed by atoms with Crippen LogP contribution in [0.3, 0.4) is 0 Å². The highest BCUT2D eigenvalue weighted by molar-refractivity contribution is 7.38. The molecule has 2 unspecified atom stereocenters. The minimum Gasteiger partial charge on any atom is -0.486 e. The first kappa shape index (κ1) is 13.5. The van der Waals surface area contributed by atoms with E-state index in [9.17, 15) is 9.59 Å². The van der Waals surface area contributed by atoms with Crippen LogP contribution in [-0.4, -0.2) is 29.5 Å². The van der Waals surface area contributed by atoms with E-state index in [0.717, 1.165) is 5.56 Å². The van der Waals surface area contributed by atoms with Gasteiger partial charge in [0.1, 0.15) is 11.4 Å². The Labute approximate surface area is 120 Å². The van der Waals surface area contributed by atoms with Crippen LogP contribution in [0.4, 0.5) is 0 Å². The number of hydrogen-bond acceptors (Lipinski definition) is 3. The number of carbonyl (C=O) groups is 2. The molecule has 0 N–H and O–H groups in total. The third-order valence-electron chi connectivity index (χ3n) is 4.13. The number of hydrogen-bond donors (Lipinski definition) is 0. The van der Waals surface area contributed by atoms with E-state index in [1.807, 2.05) is 12.1 Å². The van der Waals surface area contributed by atoms with Crippen LogP contribution in [0.25, 0.3) is 5.76 Å². The summed E-state index contributed by atoms with van der Waals surface area (Å²) < 4.78 is 6.14. The average molecular weight is 288 g/mol. The summed E-state index contributed by atoms with van der Waals surface area (Å²) in [4.78, 5) is 24.5. The van der Waals surface area contributed by atoms with E-state index in [1.165, 1.54) is 0 Å². The van der Waals surface area contributed by atoms with Crippen molar-refractivity contribution in [2.45, 2.75) is 31.5 Å². The van der Waals surface area contributed by atoms with Gasteiger partial charge < -0.3 is 4.74 Å². The van der Waals surface area contributed by atoms with Gasteiger partial charge in [-0.1, -0.05) is 24.3 Å². The normalized spacial score (nSPS) is 24.6. The van der Waals surface area contributed by atoms with Crippen molar-refractivity contribution in [1.82, 2.24) is 0 Å². The van der Waals surface area contributed by atoms with Gasteiger partial charge in [0.05, 0.1) is 0 Å². The van der Waals surface area contributed by atoms with Crippen molar-refractivity contribution in [1.29, 1.82) is 0 Å². The molecule has 1 aromatic rings. The Hall–Kier alpha value is -1.47. The van der Waals surface area contributed by atoms with Crippen molar-refractivity contribution in [2.75, 3.05) is 6.66 Å². The highest BCUT2D eigenvalue weighted by Crippen LogP contribution is 2.46. The van der Waals surface area contributed by atoms with Crippen LogP contribution in [0, 0.1) is 0 Å². The molecule has 104 valence electrons. The van der Waals surface area contributed by atoms with Crippen molar-refractivity contribution in [3.8, 4) is 0 Å². The molecule has 2 atom stereocenters. The molecule has 0 radical (unpaired) electrons. The highest BCUT2D eigenvalue weighted by Gasteiger charge is 2.44. The average Bonchev–Trinajstić information content (AvgIpc) is 2.43. The maximum atomic E-state index is 12.3. The van der Waals surface area contributed by atoms with Crippen LogP contribution in [0.2, 0.25) is 0 Å². The molecular weight excluding hydrogens is 271 g/mol. The Bertz CT molecular complexity index is 643. The first-order valence-corrected chi connectivity index (χ1v) is 8.31. The number of Topliss-reactive ketones (excluding diaryl/α,β-unsaturated/α-hetero) is 2. The molecule has 3 nitrogen and oxygen atoms in total. The Morgan fingerprint density at radius 2 is 1.80 bits per heavy atom. The Morgan fingerprint density at radius 3 is 2.45 bits per heavy atom. The molecule has 0 fully saturated rings. The highest BCUT2D eigenvalue weighted by atomic mass is 31.1. The molecule has 0 amide bonds. The maximum absolute atomic E-state index is 12.3. The van der Waals surface area contributed by atoms with E-state index in [4.69, 9.17) is 4.74 Å². The summed E-state index contributed by atoms with van der Waals surface area (Å²) in [5.41, 5.74) is 1.76. The molecule has 0 spiro atoms. The molecule has 0 saturated heterocycles. The molecular formula is C16H17O3P. The molecule has 0 aromatic heterocycles. The number of rotatable bonds is 1. The molecule has 1 aromatic carbocycles. The molecule has 4 heteroatoms. The van der Waals surface area contributed by atoms with Gasteiger partial charge in [0.15, 0.2) is 0 Å². The van der Waals surface area contributed by atoms with Crippen molar-refractivity contribution in [3.05, 3.63) is 41.0 Å². The van der Waals surface area contributed by atoms with Gasteiger partial charge in [-0.15, -0.1) is 8.58 Å². The van der Waals surface area contributed by atoms with Crippen LogP contribution < -0.4 is 0 Å². The number of allylic oxidation sites excluding steroid dienone is 1. The predicted octanol–water partition coefficient (Wildman–Crippen LogP) is 3.04. The smallest absolute Gasteiger partial charge is 0.234 e. The second-order valence-corrected chi connectivity index (χ2v) is 7.04. The lowest BCUT2D eigenvalue weighted by atomic mass is 9.82. The van der Waals surface area contributed by atoms with E-state index >= 15 is 0 Å². The standard InChI is InChI=1S/C16H17O3P/c1-16(2)12(20-3)8-11-14(18)13(17)9-6-4-5-7-10(9)15(11)19-16/h4-7,12,20H,8H2,1-3H3. The quantitative estimate of drug-likeness (QED) is 0.589. The van der Waals surface area contributed by atoms with Crippen molar-refractivity contribution in [2.24, 2.45) is 0 Å². The van der Waals surface area contributed by atoms with E-state index in [-0.39, 0.29) is 11.3 Å². The summed E-state index contributed by atoms with van der Waals surface area (Å²) in [7, 11) is 0.675. The van der Waals surface area contributed by atoms with Crippen LogP contribution in [0.1, 0.15) is 36.2 Å². The van der Waals surface area contributed by atoms with Crippen molar-refractivity contribution in [3.63, 3.8) is 0 Å². The summed E-state index contributed by atoms with van der Waals surface area (Å²) in [5, 5.41) is 0. The fourth-order valence-electron chi connectivity index (χ4n) is 2.94. The Morgan fingerprint density at radius 1 is 1.15 bits per heavy atom. The second kappa shape index (κ2) is 4.53. The molecule has 0 bridgehead atoms. The topological polar surface area (TPSA) is 43.4 Å². The zero-order chi connectivity index (χ0) is 14.5. The summed E-state index contributed by atoms with van der Waals surface area (Å²) in [6, 6.07) is 7.21. The van der Waals surface area contributed by atoms with E-state index < -0.39 is 11.6 Å². The Balaban J connectivity index is 2.19. The Kier molecular flexibility index (Phi) is 3.06. The molecule has 1 heterocycles. The van der Waals surface area contributed by atoms with Crippen LogP contribution in [-0.2, 0) is 9.53 Å². The first-order valence-electron chi connectivity index (χ1n) is 6.73. The van der Waals surface area contributed by atoms with Crippen LogP contribution >= 0.6 is 8.58 Å². The largest absolute Gasteiger partial charge is 0.486 e. The summed E-state index contributed by atoms with van der Waals surface area (Å²) in [6.45, 7) is 6.23. The van der Waals surface area contributed by atoms with Crippen LogP contribution in [0.15, 0.2) is 29.8 Å². The molecule has 0 saturated carbocycles. The van der Waals surface area contributed by atoms with E-state index in [2.05, 4.69) is 20.5 Å². The third kappa shape index (κ3) is 1.84. The van der Waals surface area contributed by atoms with Gasteiger partial charge in [-0.2, -0.15) is 0 Å². The third-order valence-corrected chi connectivity index (χ3v) is 5.73. The maximum Gasteiger partial charge on any atom is 0.234 e. The number of ketones is 2. The van der Waals surface area contributed by atoms with Gasteiger partial charge in [-0.25, -0.2) is 0 Å². The lowest BCUT2D eigenvalue weighted by Crippen LogP contribution is -2.42. The number of benzene rings is 1. The first-order chi connectivity index (χ1) is 9.45.